The second-order valence-corrected chi connectivity index (χ2v) is 8.01. The van der Waals surface area contributed by atoms with Gasteiger partial charge in [0.2, 0.25) is 0 Å². The summed E-state index contributed by atoms with van der Waals surface area (Å²) in [5, 5.41) is 24.4. The summed E-state index contributed by atoms with van der Waals surface area (Å²) in [4.78, 5) is 6.45. The van der Waals surface area contributed by atoms with Crippen molar-refractivity contribution >= 4 is 17.1 Å². The molecule has 10 heteroatoms. The van der Waals surface area contributed by atoms with Gasteiger partial charge in [-0.15, -0.1) is 0 Å². The van der Waals surface area contributed by atoms with Crippen LogP contribution >= 0.6 is 0 Å². The van der Waals surface area contributed by atoms with Crippen molar-refractivity contribution in [3.63, 3.8) is 0 Å². The van der Waals surface area contributed by atoms with Crippen LogP contribution in [-0.2, 0) is 6.18 Å². The van der Waals surface area contributed by atoms with Crippen LogP contribution < -0.4 is 15.8 Å². The number of nitrogens with zero attached hydrogens (tertiary/aromatic N) is 3. The van der Waals surface area contributed by atoms with Crippen LogP contribution in [0.2, 0.25) is 0 Å². The molecule has 1 saturated heterocycles. The highest BCUT2D eigenvalue weighted by atomic mass is 19.4. The monoisotopic (exact) mass is 449 g/mol. The van der Waals surface area contributed by atoms with Crippen molar-refractivity contribution < 1.29 is 23.4 Å². The first-order valence-electron chi connectivity index (χ1n) is 10.5. The molecule has 7 nitrogen and oxygen atoms in total. The van der Waals surface area contributed by atoms with E-state index in [1.165, 1.54) is 11.1 Å². The Labute approximate surface area is 184 Å². The minimum absolute atomic E-state index is 0.177. The minimum Gasteiger partial charge on any atom is -0.506 e. The van der Waals surface area contributed by atoms with Gasteiger partial charge in [0.05, 0.1) is 23.6 Å². The van der Waals surface area contributed by atoms with Crippen LogP contribution in [0.3, 0.4) is 0 Å². The fourth-order valence-corrected chi connectivity index (χ4v) is 4.11. The molecule has 1 fully saturated rings. The normalized spacial score (nSPS) is 17.5. The van der Waals surface area contributed by atoms with Gasteiger partial charge < -0.3 is 20.4 Å². The van der Waals surface area contributed by atoms with E-state index in [9.17, 15) is 18.3 Å². The average molecular weight is 449 g/mol. The summed E-state index contributed by atoms with van der Waals surface area (Å²) < 4.78 is 38.9. The Kier molecular flexibility index (Phi) is 6.43. The van der Waals surface area contributed by atoms with Gasteiger partial charge in [0.15, 0.2) is 0 Å². The molecule has 32 heavy (non-hydrogen) atoms. The summed E-state index contributed by atoms with van der Waals surface area (Å²) in [7, 11) is 0. The predicted molar refractivity (Wildman–Crippen MR) is 115 cm³/mol. The lowest BCUT2D eigenvalue weighted by molar-refractivity contribution is -0.137. The number of benzene rings is 1. The Morgan fingerprint density at radius 1 is 1.16 bits per heavy atom. The Bertz CT molecular complexity index is 974. The number of phenolic OH excluding ortho intramolecular Hbond substituents is 1. The summed E-state index contributed by atoms with van der Waals surface area (Å²) in [6.07, 6.45) is 2.56. The molecule has 1 aromatic carbocycles. The van der Waals surface area contributed by atoms with Crippen molar-refractivity contribution in [2.24, 2.45) is 5.92 Å². The average Bonchev–Trinajstić information content (AvgIpc) is 2.78. The van der Waals surface area contributed by atoms with Crippen LogP contribution in [0.5, 0.6) is 5.75 Å². The van der Waals surface area contributed by atoms with E-state index in [1.807, 2.05) is 0 Å². The van der Waals surface area contributed by atoms with Crippen molar-refractivity contribution in [2.45, 2.75) is 19.0 Å². The van der Waals surface area contributed by atoms with Gasteiger partial charge >= 0.3 is 6.18 Å². The number of pyridine rings is 1. The Hall–Kier alpha value is -2.98. The highest BCUT2D eigenvalue weighted by Crippen LogP contribution is 2.40. The second-order valence-electron chi connectivity index (χ2n) is 8.01. The largest absolute Gasteiger partial charge is 0.506 e. The number of β-amino-alcohol motifs (C(OH)–C–C–N with tert-alkyl or cyclic N) is 1. The van der Waals surface area contributed by atoms with Gasteiger partial charge in [0.25, 0.3) is 0 Å². The number of hydrogen-bond donors (Lipinski definition) is 4. The lowest BCUT2D eigenvalue weighted by Gasteiger charge is -2.34. The first-order valence-corrected chi connectivity index (χ1v) is 10.5. The lowest BCUT2D eigenvalue weighted by Crippen LogP contribution is -2.39. The number of fused-ring (bicyclic) bond motifs is 1. The van der Waals surface area contributed by atoms with Crippen molar-refractivity contribution in [3.05, 3.63) is 54.0 Å². The van der Waals surface area contributed by atoms with Crippen LogP contribution in [-0.4, -0.2) is 52.9 Å². The number of nitrogens with one attached hydrogen (secondary N) is 2. The summed E-state index contributed by atoms with van der Waals surface area (Å²) in [6, 6.07) is 4.64. The maximum atomic E-state index is 13.0. The molecule has 0 saturated carbocycles. The van der Waals surface area contributed by atoms with Gasteiger partial charge in [-0.2, -0.15) is 13.2 Å². The summed E-state index contributed by atoms with van der Waals surface area (Å²) >= 11 is 0. The zero-order chi connectivity index (χ0) is 22.7. The van der Waals surface area contributed by atoms with E-state index < -0.39 is 17.5 Å². The maximum absolute atomic E-state index is 13.0. The van der Waals surface area contributed by atoms with Crippen molar-refractivity contribution in [1.29, 1.82) is 0 Å². The molecule has 0 unspecified atom stereocenters. The van der Waals surface area contributed by atoms with Crippen molar-refractivity contribution in [2.75, 3.05) is 37.8 Å². The number of phenols is 1. The van der Waals surface area contributed by atoms with E-state index in [0.717, 1.165) is 55.9 Å². The number of piperidine rings is 1. The van der Waals surface area contributed by atoms with Crippen LogP contribution in [0, 0.1) is 5.92 Å². The van der Waals surface area contributed by atoms with Gasteiger partial charge in [-0.1, -0.05) is 0 Å². The molecular formula is C22H26F3N5O2. The van der Waals surface area contributed by atoms with Crippen LogP contribution in [0.25, 0.3) is 5.70 Å². The fraction of sp³-hybridized carbons (Fsp3) is 0.409. The number of aromatic hydroxyl groups is 1. The third-order valence-corrected chi connectivity index (χ3v) is 5.92. The van der Waals surface area contributed by atoms with E-state index >= 15 is 0 Å². The van der Waals surface area contributed by atoms with Gasteiger partial charge in [0.1, 0.15) is 11.4 Å². The predicted octanol–water partition coefficient (Wildman–Crippen LogP) is 3.05. The fourth-order valence-electron chi connectivity index (χ4n) is 4.11. The molecule has 1 aromatic heterocycles. The molecule has 4 N–H and O–H groups in total. The standard InChI is InChI=1S/C22H26F3N5O2/c23-22(24,25)16-1-2-20(21(32)11-16)30-19-3-6-26-13-17(19)18(14-28-30)27-12-15-4-7-29(8-5-15)9-10-31/h1-3,6,11,13-15,27-28,31-32H,4-5,7-10,12H2. The van der Waals surface area contributed by atoms with Crippen molar-refractivity contribution in [1.82, 2.24) is 20.6 Å². The number of aliphatic hydroxyl groups excluding tert-OH is 1. The highest BCUT2D eigenvalue weighted by molar-refractivity contribution is 5.82. The summed E-state index contributed by atoms with van der Waals surface area (Å²) in [5.41, 5.74) is 4.63. The molecule has 2 aromatic rings. The zero-order valence-electron chi connectivity index (χ0n) is 17.4. The van der Waals surface area contributed by atoms with E-state index in [2.05, 4.69) is 20.6 Å². The van der Waals surface area contributed by atoms with Gasteiger partial charge in [-0.3, -0.25) is 15.4 Å². The smallest absolute Gasteiger partial charge is 0.416 e. The van der Waals surface area contributed by atoms with Crippen LogP contribution in [0.4, 0.5) is 24.5 Å². The summed E-state index contributed by atoms with van der Waals surface area (Å²) in [5.74, 6) is 0.0255. The number of rotatable bonds is 6. The number of anilines is 2. The van der Waals surface area contributed by atoms with Crippen molar-refractivity contribution in [3.8, 4) is 5.75 Å². The molecule has 2 aliphatic rings. The lowest BCUT2D eigenvalue weighted by atomic mass is 9.96. The SMILES string of the molecule is OCCN1CCC(CNC2=CNN(c3ccc(C(F)(F)F)cc3O)c3ccncc32)CC1. The maximum Gasteiger partial charge on any atom is 0.416 e. The second kappa shape index (κ2) is 9.25. The molecule has 0 atom stereocenters. The van der Waals surface area contributed by atoms with Gasteiger partial charge in [-0.05, 0) is 56.1 Å². The molecule has 2 aliphatic heterocycles. The minimum atomic E-state index is -4.53. The highest BCUT2D eigenvalue weighted by Gasteiger charge is 2.32. The van der Waals surface area contributed by atoms with E-state index in [1.54, 1.807) is 24.7 Å². The molecule has 4 rings (SSSR count). The van der Waals surface area contributed by atoms with Crippen LogP contribution in [0.15, 0.2) is 42.9 Å². The number of alkyl halides is 3. The molecule has 0 bridgehead atoms. The van der Waals surface area contributed by atoms with Gasteiger partial charge in [0, 0.05) is 37.2 Å². The summed E-state index contributed by atoms with van der Waals surface area (Å²) in [6.45, 7) is 3.59. The molecule has 0 radical (unpaired) electrons. The van der Waals surface area contributed by atoms with Crippen LogP contribution in [0.1, 0.15) is 24.0 Å². The first kappa shape index (κ1) is 22.2. The van der Waals surface area contributed by atoms with Gasteiger partial charge in [-0.25, -0.2) is 0 Å². The number of hydrogen-bond acceptors (Lipinski definition) is 7. The quantitative estimate of drug-likeness (QED) is 0.540. The Morgan fingerprint density at radius 2 is 1.94 bits per heavy atom. The number of halogens is 3. The van der Waals surface area contributed by atoms with E-state index in [-0.39, 0.29) is 12.3 Å². The molecule has 0 aliphatic carbocycles. The Morgan fingerprint density at radius 3 is 2.62 bits per heavy atom. The third-order valence-electron chi connectivity index (χ3n) is 5.92. The molecule has 3 heterocycles. The number of aromatic nitrogens is 1. The topological polar surface area (TPSA) is 83.9 Å². The zero-order valence-corrected chi connectivity index (χ0v) is 17.4. The first-order chi connectivity index (χ1) is 15.4. The third kappa shape index (κ3) is 4.76. The molecule has 172 valence electrons. The van der Waals surface area contributed by atoms with E-state index in [4.69, 9.17) is 5.11 Å². The number of hydrazine groups is 1. The molecular weight excluding hydrogens is 423 g/mol. The number of likely N-dealkylation sites (tertiary alicyclic amines) is 1. The van der Waals surface area contributed by atoms with E-state index in [0.29, 0.717) is 18.2 Å². The Balaban J connectivity index is 1.48. The molecule has 0 spiro atoms. The number of aliphatic hydroxyl groups is 1. The molecule has 0 amide bonds.